The smallest absolute Gasteiger partial charge is 0.193 e. The highest BCUT2D eigenvalue weighted by Crippen LogP contribution is 2.43. The van der Waals surface area contributed by atoms with Crippen molar-refractivity contribution >= 4 is 23.1 Å². The number of halogens is 1. The van der Waals surface area contributed by atoms with Crippen LogP contribution in [0.5, 0.6) is 0 Å². The Hall–Kier alpha value is -4.14. The average Bonchev–Trinajstić information content (AvgIpc) is 2.94. The molecule has 0 saturated heterocycles. The highest BCUT2D eigenvalue weighted by Gasteiger charge is 2.38. The van der Waals surface area contributed by atoms with Crippen molar-refractivity contribution in [3.05, 3.63) is 172 Å². The Morgan fingerprint density at radius 1 is 0.611 bits per heavy atom. The lowest BCUT2D eigenvalue weighted by atomic mass is 9.76. The second kappa shape index (κ2) is 10.2. The predicted molar refractivity (Wildman–Crippen MR) is 149 cm³/mol. The van der Waals surface area contributed by atoms with E-state index in [1.165, 1.54) is 5.56 Å². The van der Waals surface area contributed by atoms with Gasteiger partial charge in [-0.15, -0.1) is 0 Å². The highest BCUT2D eigenvalue weighted by molar-refractivity contribution is 6.31. The van der Waals surface area contributed by atoms with E-state index >= 15 is 0 Å². The van der Waals surface area contributed by atoms with Gasteiger partial charge in [0, 0.05) is 27.4 Å². The van der Waals surface area contributed by atoms with Gasteiger partial charge in [0.15, 0.2) is 5.78 Å². The maximum Gasteiger partial charge on any atom is 0.193 e. The molecule has 2 nitrogen and oxygen atoms in total. The Morgan fingerprint density at radius 2 is 1.14 bits per heavy atom. The molecule has 0 fully saturated rings. The topological polar surface area (TPSA) is 29.1 Å². The van der Waals surface area contributed by atoms with Gasteiger partial charge in [0.2, 0.25) is 0 Å². The minimum atomic E-state index is -0.752. The fraction of sp³-hybridized carbons (Fsp3) is 0.0606. The van der Waals surface area contributed by atoms with Gasteiger partial charge in [-0.3, -0.25) is 4.79 Å². The molecule has 5 rings (SSSR count). The summed E-state index contributed by atoms with van der Waals surface area (Å²) in [5.41, 5.74) is 5.71. The van der Waals surface area contributed by atoms with Gasteiger partial charge in [0.1, 0.15) is 5.54 Å². The number of carbonyl (C=O) groups is 1. The fourth-order valence-corrected chi connectivity index (χ4v) is 4.90. The first-order valence-electron chi connectivity index (χ1n) is 11.9. The van der Waals surface area contributed by atoms with Crippen molar-refractivity contribution in [2.75, 3.05) is 5.32 Å². The Kier molecular flexibility index (Phi) is 6.71. The SMILES string of the molecule is Cc1ccc(C(Nc2ccc(C(=O)c3ccccc3)cc2)(c2ccccc2)c2ccccc2Cl)cc1. The van der Waals surface area contributed by atoms with Crippen molar-refractivity contribution in [2.24, 2.45) is 0 Å². The molecular weight excluding hydrogens is 462 g/mol. The molecule has 0 aliphatic rings. The zero-order valence-electron chi connectivity index (χ0n) is 20.0. The lowest BCUT2D eigenvalue weighted by Gasteiger charge is -2.38. The van der Waals surface area contributed by atoms with E-state index in [0.717, 1.165) is 22.4 Å². The molecule has 0 spiro atoms. The summed E-state index contributed by atoms with van der Waals surface area (Å²) in [4.78, 5) is 12.9. The molecule has 1 atom stereocenters. The molecule has 0 bridgehead atoms. The van der Waals surface area contributed by atoms with Crippen molar-refractivity contribution in [3.8, 4) is 0 Å². The van der Waals surface area contributed by atoms with Crippen molar-refractivity contribution in [1.29, 1.82) is 0 Å². The van der Waals surface area contributed by atoms with Gasteiger partial charge in [0.05, 0.1) is 0 Å². The summed E-state index contributed by atoms with van der Waals surface area (Å²) in [6, 6.07) is 43.8. The minimum Gasteiger partial charge on any atom is -0.368 e. The van der Waals surface area contributed by atoms with E-state index in [4.69, 9.17) is 11.6 Å². The number of benzene rings is 5. The molecule has 0 aliphatic heterocycles. The van der Waals surface area contributed by atoms with Crippen LogP contribution in [0.4, 0.5) is 5.69 Å². The third kappa shape index (κ3) is 4.56. The summed E-state index contributed by atoms with van der Waals surface area (Å²) in [6.45, 7) is 2.08. The summed E-state index contributed by atoms with van der Waals surface area (Å²) < 4.78 is 0. The molecule has 3 heteroatoms. The second-order valence-corrected chi connectivity index (χ2v) is 9.27. The van der Waals surface area contributed by atoms with Crippen LogP contribution in [0.25, 0.3) is 0 Å². The highest BCUT2D eigenvalue weighted by atomic mass is 35.5. The maximum atomic E-state index is 12.9. The van der Waals surface area contributed by atoms with Gasteiger partial charge in [-0.25, -0.2) is 0 Å². The monoisotopic (exact) mass is 487 g/mol. The van der Waals surface area contributed by atoms with E-state index in [9.17, 15) is 4.79 Å². The van der Waals surface area contributed by atoms with Gasteiger partial charge in [-0.05, 0) is 48.4 Å². The van der Waals surface area contributed by atoms with Crippen LogP contribution in [0.3, 0.4) is 0 Å². The van der Waals surface area contributed by atoms with Crippen LogP contribution in [0.15, 0.2) is 133 Å². The lowest BCUT2D eigenvalue weighted by Crippen LogP contribution is -2.38. The largest absolute Gasteiger partial charge is 0.368 e. The maximum absolute atomic E-state index is 12.9. The number of ketones is 1. The Bertz CT molecular complexity index is 1460. The van der Waals surface area contributed by atoms with Crippen molar-refractivity contribution < 1.29 is 4.79 Å². The summed E-state index contributed by atoms with van der Waals surface area (Å²) in [5, 5.41) is 4.48. The summed E-state index contributed by atoms with van der Waals surface area (Å²) >= 11 is 6.86. The van der Waals surface area contributed by atoms with Crippen LogP contribution in [0, 0.1) is 6.92 Å². The van der Waals surface area contributed by atoms with E-state index < -0.39 is 5.54 Å². The first-order chi connectivity index (χ1) is 17.6. The van der Waals surface area contributed by atoms with Crippen LogP contribution in [-0.4, -0.2) is 5.78 Å². The lowest BCUT2D eigenvalue weighted by molar-refractivity contribution is 0.103. The third-order valence-corrected chi connectivity index (χ3v) is 6.81. The van der Waals surface area contributed by atoms with Crippen LogP contribution in [0.2, 0.25) is 5.02 Å². The normalized spacial score (nSPS) is 12.5. The molecule has 0 aromatic heterocycles. The third-order valence-electron chi connectivity index (χ3n) is 6.48. The number of hydrogen-bond donors (Lipinski definition) is 1. The number of rotatable bonds is 7. The number of anilines is 1. The van der Waals surface area contributed by atoms with Crippen molar-refractivity contribution in [1.82, 2.24) is 0 Å². The fourth-order valence-electron chi connectivity index (χ4n) is 4.62. The minimum absolute atomic E-state index is 0.00103. The summed E-state index contributed by atoms with van der Waals surface area (Å²) in [5.74, 6) is 0.00103. The van der Waals surface area contributed by atoms with Gasteiger partial charge >= 0.3 is 0 Å². The molecular formula is C33H26ClNO. The molecule has 1 N–H and O–H groups in total. The Morgan fingerprint density at radius 3 is 1.78 bits per heavy atom. The second-order valence-electron chi connectivity index (χ2n) is 8.86. The van der Waals surface area contributed by atoms with Gasteiger partial charge in [0.25, 0.3) is 0 Å². The number of hydrogen-bond acceptors (Lipinski definition) is 2. The van der Waals surface area contributed by atoms with Crippen molar-refractivity contribution in [2.45, 2.75) is 12.5 Å². The molecule has 5 aromatic rings. The molecule has 5 aromatic carbocycles. The quantitative estimate of drug-likeness (QED) is 0.185. The van der Waals surface area contributed by atoms with E-state index in [1.807, 2.05) is 91.0 Å². The standard InChI is InChI=1S/C33H26ClNO/c1-24-16-20-28(21-17-24)33(27-12-6-3-7-13-27,30-14-8-9-15-31(30)34)35-29-22-18-26(19-23-29)32(36)25-10-4-2-5-11-25/h2-23,35H,1H3. The van der Waals surface area contributed by atoms with E-state index in [1.54, 1.807) is 0 Å². The molecule has 36 heavy (non-hydrogen) atoms. The van der Waals surface area contributed by atoms with Gasteiger partial charge in [-0.2, -0.15) is 0 Å². The van der Waals surface area contributed by atoms with Crippen LogP contribution in [0.1, 0.15) is 38.2 Å². The summed E-state index contributed by atoms with van der Waals surface area (Å²) in [6.07, 6.45) is 0. The van der Waals surface area contributed by atoms with Crippen LogP contribution < -0.4 is 5.32 Å². The summed E-state index contributed by atoms with van der Waals surface area (Å²) in [7, 11) is 0. The van der Waals surface area contributed by atoms with E-state index in [-0.39, 0.29) is 5.78 Å². The molecule has 176 valence electrons. The Labute approximate surface area is 217 Å². The first-order valence-corrected chi connectivity index (χ1v) is 12.3. The zero-order chi connectivity index (χ0) is 25.0. The first kappa shape index (κ1) is 23.6. The molecule has 0 saturated carbocycles. The predicted octanol–water partition coefficient (Wildman–Crippen LogP) is 8.28. The van der Waals surface area contributed by atoms with Crippen LogP contribution >= 0.6 is 11.6 Å². The number of aryl methyl sites for hydroxylation is 1. The Balaban J connectivity index is 1.64. The van der Waals surface area contributed by atoms with Gasteiger partial charge < -0.3 is 5.32 Å². The number of nitrogens with one attached hydrogen (secondary N) is 1. The zero-order valence-corrected chi connectivity index (χ0v) is 20.7. The molecule has 0 aliphatic carbocycles. The molecule has 0 radical (unpaired) electrons. The van der Waals surface area contributed by atoms with Crippen LogP contribution in [-0.2, 0) is 5.54 Å². The van der Waals surface area contributed by atoms with E-state index in [2.05, 4.69) is 54.7 Å². The number of carbonyl (C=O) groups excluding carboxylic acids is 1. The molecule has 1 unspecified atom stereocenters. The van der Waals surface area contributed by atoms with Gasteiger partial charge in [-0.1, -0.05) is 120 Å². The van der Waals surface area contributed by atoms with E-state index in [0.29, 0.717) is 16.1 Å². The average molecular weight is 488 g/mol. The van der Waals surface area contributed by atoms with Crippen molar-refractivity contribution in [3.63, 3.8) is 0 Å². The molecule has 0 amide bonds. The molecule has 0 heterocycles.